The Bertz CT molecular complexity index is 781. The van der Waals surface area contributed by atoms with Gasteiger partial charge in [0.2, 0.25) is 0 Å². The number of halogens is 1. The fourth-order valence-corrected chi connectivity index (χ4v) is 3.13. The average Bonchev–Trinajstić information content (AvgIpc) is 2.95. The molecular weight excluding hydrogens is 429 g/mol. The minimum Gasteiger partial charge on any atom is -0.328 e. The minimum atomic E-state index is -0.547. The van der Waals surface area contributed by atoms with Crippen LogP contribution in [0, 0.1) is 0 Å². The Hall–Kier alpha value is -2.15. The molecule has 5 heteroatoms. The maximum Gasteiger partial charge on any atom is 0.363 e. The van der Waals surface area contributed by atoms with Crippen LogP contribution in [0.25, 0.3) is 0 Å². The highest BCUT2D eigenvalue weighted by atomic mass is 127. The fourth-order valence-electron chi connectivity index (χ4n) is 2.62. The van der Waals surface area contributed by atoms with Gasteiger partial charge in [0.05, 0.1) is 11.3 Å². The second kappa shape index (κ2) is 7.82. The number of rotatable bonds is 5. The van der Waals surface area contributed by atoms with E-state index in [1.807, 2.05) is 12.1 Å². The summed E-state index contributed by atoms with van der Waals surface area (Å²) in [7, 11) is 0. The molecule has 1 saturated heterocycles. The van der Waals surface area contributed by atoms with Crippen molar-refractivity contribution in [1.29, 1.82) is 0 Å². The van der Waals surface area contributed by atoms with Crippen molar-refractivity contribution in [2.75, 3.05) is 0 Å². The third-order valence-corrected chi connectivity index (χ3v) is 4.97. The monoisotopic (exact) mass is 447 g/mol. The van der Waals surface area contributed by atoms with Crippen LogP contribution in [-0.2, 0) is 20.5 Å². The van der Waals surface area contributed by atoms with Crippen molar-refractivity contribution in [1.82, 2.24) is 5.06 Å². The molecular formula is C20H18INO3. The summed E-state index contributed by atoms with van der Waals surface area (Å²) in [6.45, 7) is 3.73. The van der Waals surface area contributed by atoms with Gasteiger partial charge in [-0.3, -0.25) is 4.79 Å². The van der Waals surface area contributed by atoms with E-state index in [1.165, 1.54) is 11.1 Å². The summed E-state index contributed by atoms with van der Waals surface area (Å²) in [5.41, 5.74) is 4.57. The second-order valence-corrected chi connectivity index (χ2v) is 6.72. The van der Waals surface area contributed by atoms with Crippen LogP contribution in [0.5, 0.6) is 0 Å². The molecule has 0 atom stereocenters. The van der Waals surface area contributed by atoms with Crippen LogP contribution in [0.3, 0.4) is 0 Å². The zero-order chi connectivity index (χ0) is 17.8. The number of hydrogen-bond donors (Lipinski definition) is 0. The van der Waals surface area contributed by atoms with Crippen molar-refractivity contribution in [3.05, 3.63) is 83.1 Å². The zero-order valence-corrected chi connectivity index (χ0v) is 15.9. The molecule has 0 aliphatic carbocycles. The summed E-state index contributed by atoms with van der Waals surface area (Å²) in [4.78, 5) is 29.0. The number of carbonyl (C=O) groups excluding carboxylic acids is 2. The van der Waals surface area contributed by atoms with Gasteiger partial charge in [-0.25, -0.2) is 4.79 Å². The Balaban J connectivity index is 1.64. The molecule has 4 nitrogen and oxygen atoms in total. The fraction of sp³-hybridized carbons (Fsp3) is 0.200. The van der Waals surface area contributed by atoms with E-state index in [-0.39, 0.29) is 5.91 Å². The average molecular weight is 447 g/mol. The molecule has 0 bridgehead atoms. The van der Waals surface area contributed by atoms with Crippen molar-refractivity contribution in [3.63, 3.8) is 0 Å². The highest BCUT2D eigenvalue weighted by Crippen LogP contribution is 2.22. The van der Waals surface area contributed by atoms with E-state index in [1.54, 1.807) is 12.1 Å². The maximum atomic E-state index is 12.2. The molecule has 25 heavy (non-hydrogen) atoms. The lowest BCUT2D eigenvalue weighted by Gasteiger charge is -2.15. The Labute approximate surface area is 160 Å². The molecule has 3 rings (SSSR count). The van der Waals surface area contributed by atoms with Gasteiger partial charge >= 0.3 is 5.97 Å². The maximum absolute atomic E-state index is 12.2. The van der Waals surface area contributed by atoms with Crippen molar-refractivity contribution >= 4 is 34.5 Å². The number of carbonyl (C=O) groups is 2. The summed E-state index contributed by atoms with van der Waals surface area (Å²) in [6, 6.07) is 15.8. The molecule has 1 aliphatic heterocycles. The van der Waals surface area contributed by atoms with Gasteiger partial charge in [0.15, 0.2) is 0 Å². The van der Waals surface area contributed by atoms with Crippen LogP contribution >= 0.6 is 22.6 Å². The summed E-state index contributed by atoms with van der Waals surface area (Å²) >= 11 is 2.34. The molecule has 1 amide bonds. The Morgan fingerprint density at radius 2 is 1.56 bits per heavy atom. The third kappa shape index (κ3) is 4.28. The zero-order valence-electron chi connectivity index (χ0n) is 13.7. The summed E-state index contributed by atoms with van der Waals surface area (Å²) in [6.07, 6.45) is 1.67. The highest BCUT2D eigenvalue weighted by molar-refractivity contribution is 14.1. The topological polar surface area (TPSA) is 46.6 Å². The van der Waals surface area contributed by atoms with Crippen LogP contribution < -0.4 is 0 Å². The van der Waals surface area contributed by atoms with Crippen LogP contribution in [0.1, 0.15) is 39.9 Å². The standard InChI is InChI=1S/C20H18INO3/c1-14-2-11-19(23)22(14)25-20(24)18-9-7-16(8-10-18)12-15-3-5-17(13-21)6-4-15/h3-10H,1-2,11-13H2. The first-order valence-electron chi connectivity index (χ1n) is 8.02. The molecule has 0 unspecified atom stereocenters. The summed E-state index contributed by atoms with van der Waals surface area (Å²) < 4.78 is 1.00. The number of alkyl halides is 1. The Morgan fingerprint density at radius 3 is 2.08 bits per heavy atom. The lowest BCUT2D eigenvalue weighted by molar-refractivity contribution is -0.153. The normalized spacial score (nSPS) is 14.0. The summed E-state index contributed by atoms with van der Waals surface area (Å²) in [5, 5.41) is 1.00. The molecule has 1 heterocycles. The molecule has 0 spiro atoms. The number of allylic oxidation sites excluding steroid dienone is 1. The second-order valence-electron chi connectivity index (χ2n) is 5.96. The van der Waals surface area contributed by atoms with Crippen LogP contribution in [0.2, 0.25) is 0 Å². The first-order valence-corrected chi connectivity index (χ1v) is 9.55. The summed E-state index contributed by atoms with van der Waals surface area (Å²) in [5.74, 6) is -0.778. The van der Waals surface area contributed by atoms with Crippen LogP contribution in [0.4, 0.5) is 0 Å². The van der Waals surface area contributed by atoms with E-state index in [9.17, 15) is 9.59 Å². The first kappa shape index (κ1) is 17.7. The SMILES string of the molecule is C=C1CCC(=O)N1OC(=O)c1ccc(Cc2ccc(CI)cc2)cc1. The van der Waals surface area contributed by atoms with E-state index in [4.69, 9.17) is 4.84 Å². The molecule has 2 aromatic rings. The Kier molecular flexibility index (Phi) is 5.53. The van der Waals surface area contributed by atoms with Gasteiger partial charge in [-0.1, -0.05) is 65.6 Å². The van der Waals surface area contributed by atoms with Gasteiger partial charge in [0.25, 0.3) is 5.91 Å². The molecule has 2 aromatic carbocycles. The Morgan fingerprint density at radius 1 is 1.00 bits per heavy atom. The van der Waals surface area contributed by atoms with Crippen molar-refractivity contribution in [2.45, 2.75) is 23.7 Å². The van der Waals surface area contributed by atoms with Crippen molar-refractivity contribution in [2.24, 2.45) is 0 Å². The van der Waals surface area contributed by atoms with E-state index < -0.39 is 5.97 Å². The van der Waals surface area contributed by atoms with Crippen molar-refractivity contribution in [3.8, 4) is 0 Å². The predicted molar refractivity (Wildman–Crippen MR) is 104 cm³/mol. The van der Waals surface area contributed by atoms with E-state index in [2.05, 4.69) is 53.4 Å². The van der Waals surface area contributed by atoms with E-state index in [0.717, 1.165) is 21.5 Å². The van der Waals surface area contributed by atoms with Gasteiger partial charge in [-0.05, 0) is 41.7 Å². The van der Waals surface area contributed by atoms with Gasteiger partial charge < -0.3 is 4.84 Å². The highest BCUT2D eigenvalue weighted by Gasteiger charge is 2.28. The van der Waals surface area contributed by atoms with Gasteiger partial charge in [0, 0.05) is 10.8 Å². The number of hydroxylamine groups is 2. The first-order chi connectivity index (χ1) is 12.1. The molecule has 0 saturated carbocycles. The largest absolute Gasteiger partial charge is 0.363 e. The molecule has 1 fully saturated rings. The van der Waals surface area contributed by atoms with E-state index >= 15 is 0 Å². The van der Waals surface area contributed by atoms with Crippen LogP contribution in [-0.4, -0.2) is 16.9 Å². The number of amides is 1. The quantitative estimate of drug-likeness (QED) is 0.504. The molecule has 0 aromatic heterocycles. The number of nitrogens with zero attached hydrogens (tertiary/aromatic N) is 1. The smallest absolute Gasteiger partial charge is 0.328 e. The lowest BCUT2D eigenvalue weighted by Crippen LogP contribution is -2.26. The molecule has 128 valence electrons. The molecule has 1 aliphatic rings. The minimum absolute atomic E-state index is 0.232. The van der Waals surface area contributed by atoms with Crippen molar-refractivity contribution < 1.29 is 14.4 Å². The molecule has 0 radical (unpaired) electrons. The van der Waals surface area contributed by atoms with Crippen LogP contribution in [0.15, 0.2) is 60.8 Å². The predicted octanol–water partition coefficient (Wildman–Crippen LogP) is 4.42. The van der Waals surface area contributed by atoms with Gasteiger partial charge in [-0.15, -0.1) is 5.06 Å². The number of hydrogen-bond acceptors (Lipinski definition) is 3. The third-order valence-electron chi connectivity index (χ3n) is 4.09. The van der Waals surface area contributed by atoms with Gasteiger partial charge in [-0.2, -0.15) is 0 Å². The molecule has 0 N–H and O–H groups in total. The number of benzene rings is 2. The van der Waals surface area contributed by atoms with E-state index in [0.29, 0.717) is 24.1 Å². The van der Waals surface area contributed by atoms with Gasteiger partial charge in [0.1, 0.15) is 0 Å². The lowest BCUT2D eigenvalue weighted by atomic mass is 10.0.